The van der Waals surface area contributed by atoms with Crippen LogP contribution in [0, 0.1) is 6.92 Å². The number of hydrogen-bond donors (Lipinski definition) is 0. The normalized spacial score (nSPS) is 10.4. The van der Waals surface area contributed by atoms with Crippen LogP contribution < -0.4 is 0 Å². The Balaban J connectivity index is 1.95. The van der Waals surface area contributed by atoms with E-state index in [1.165, 1.54) is 5.56 Å². The molecule has 72 valence electrons. The summed E-state index contributed by atoms with van der Waals surface area (Å²) >= 11 is 0. The average Bonchev–Trinajstić information content (AvgIpc) is 2.63. The summed E-state index contributed by atoms with van der Waals surface area (Å²) in [5.41, 5.74) is 2.46. The fourth-order valence-electron chi connectivity index (χ4n) is 1.50. The minimum absolute atomic E-state index is 1.00. The van der Waals surface area contributed by atoms with Crippen molar-refractivity contribution in [2.45, 2.75) is 19.9 Å². The Morgan fingerprint density at radius 1 is 1.21 bits per heavy atom. The minimum atomic E-state index is 1.00. The number of benzene rings is 1. The molecule has 0 atom stereocenters. The summed E-state index contributed by atoms with van der Waals surface area (Å²) in [7, 11) is 0. The van der Waals surface area contributed by atoms with Crippen LogP contribution in [0.25, 0.3) is 0 Å². The Bertz CT molecular complexity index is 390. The highest BCUT2D eigenvalue weighted by Gasteiger charge is 1.94. The Hall–Kier alpha value is -1.57. The molecular weight excluding hydrogens is 172 g/mol. The maximum Gasteiger partial charge on any atom is 0.0949 e. The van der Waals surface area contributed by atoms with Gasteiger partial charge in [0.1, 0.15) is 0 Å². The van der Waals surface area contributed by atoms with E-state index in [0.29, 0.717) is 0 Å². The molecule has 0 aliphatic heterocycles. The molecule has 2 rings (SSSR count). The van der Waals surface area contributed by atoms with E-state index >= 15 is 0 Å². The Kier molecular flexibility index (Phi) is 2.63. The van der Waals surface area contributed by atoms with Crippen LogP contribution in [0.4, 0.5) is 0 Å². The molecule has 1 aromatic heterocycles. The van der Waals surface area contributed by atoms with Gasteiger partial charge in [-0.3, -0.25) is 0 Å². The lowest BCUT2D eigenvalue weighted by Gasteiger charge is -2.01. The van der Waals surface area contributed by atoms with Crippen molar-refractivity contribution in [3.05, 3.63) is 54.1 Å². The van der Waals surface area contributed by atoms with Gasteiger partial charge in [-0.15, -0.1) is 0 Å². The van der Waals surface area contributed by atoms with E-state index < -0.39 is 0 Å². The van der Waals surface area contributed by atoms with Gasteiger partial charge in [0.15, 0.2) is 0 Å². The van der Waals surface area contributed by atoms with Gasteiger partial charge in [0, 0.05) is 12.7 Å². The molecular formula is C12H14N2. The maximum atomic E-state index is 4.19. The first kappa shape index (κ1) is 9.00. The van der Waals surface area contributed by atoms with Crippen LogP contribution in [0.2, 0.25) is 0 Å². The number of rotatable bonds is 3. The lowest BCUT2D eigenvalue weighted by molar-refractivity contribution is 0.695. The minimum Gasteiger partial charge on any atom is -0.337 e. The highest BCUT2D eigenvalue weighted by atomic mass is 15.0. The molecule has 0 unspecified atom stereocenters. The van der Waals surface area contributed by atoms with Gasteiger partial charge in [-0.05, 0) is 18.9 Å². The van der Waals surface area contributed by atoms with Crippen LogP contribution in [0.1, 0.15) is 11.3 Å². The van der Waals surface area contributed by atoms with Gasteiger partial charge in [-0.25, -0.2) is 4.98 Å². The van der Waals surface area contributed by atoms with Crippen molar-refractivity contribution in [2.75, 3.05) is 0 Å². The second kappa shape index (κ2) is 4.09. The Morgan fingerprint density at radius 2 is 2.00 bits per heavy atom. The van der Waals surface area contributed by atoms with Crippen molar-refractivity contribution in [2.24, 2.45) is 0 Å². The van der Waals surface area contributed by atoms with Crippen LogP contribution in [-0.2, 0) is 13.0 Å². The predicted octanol–water partition coefficient (Wildman–Crippen LogP) is 2.43. The van der Waals surface area contributed by atoms with Gasteiger partial charge in [0.05, 0.1) is 12.0 Å². The summed E-state index contributed by atoms with van der Waals surface area (Å²) < 4.78 is 2.13. The highest BCUT2D eigenvalue weighted by molar-refractivity contribution is 5.14. The van der Waals surface area contributed by atoms with E-state index in [1.54, 1.807) is 0 Å². The molecule has 0 bridgehead atoms. The van der Waals surface area contributed by atoms with Gasteiger partial charge in [0.2, 0.25) is 0 Å². The zero-order chi connectivity index (χ0) is 9.80. The molecule has 0 saturated heterocycles. The molecule has 0 radical (unpaired) electrons. The second-order valence-corrected chi connectivity index (χ2v) is 3.49. The second-order valence-electron chi connectivity index (χ2n) is 3.49. The first-order valence-corrected chi connectivity index (χ1v) is 4.87. The molecule has 0 N–H and O–H groups in total. The molecule has 1 aromatic carbocycles. The smallest absolute Gasteiger partial charge is 0.0949 e. The fourth-order valence-corrected chi connectivity index (χ4v) is 1.50. The summed E-state index contributed by atoms with van der Waals surface area (Å²) in [4.78, 5) is 4.19. The van der Waals surface area contributed by atoms with Crippen molar-refractivity contribution >= 4 is 0 Å². The molecule has 0 spiro atoms. The molecule has 0 aliphatic rings. The molecule has 2 nitrogen and oxygen atoms in total. The lowest BCUT2D eigenvalue weighted by atomic mass is 10.1. The summed E-state index contributed by atoms with van der Waals surface area (Å²) in [6, 6.07) is 10.5. The lowest BCUT2D eigenvalue weighted by Crippen LogP contribution is -1.97. The number of aromatic nitrogens is 2. The quantitative estimate of drug-likeness (QED) is 0.720. The van der Waals surface area contributed by atoms with Crippen LogP contribution in [0.3, 0.4) is 0 Å². The summed E-state index contributed by atoms with van der Waals surface area (Å²) in [5, 5.41) is 0. The van der Waals surface area contributed by atoms with Crippen molar-refractivity contribution in [1.29, 1.82) is 0 Å². The molecule has 0 amide bonds. The van der Waals surface area contributed by atoms with Gasteiger partial charge < -0.3 is 4.57 Å². The van der Waals surface area contributed by atoms with Crippen molar-refractivity contribution in [3.63, 3.8) is 0 Å². The third kappa shape index (κ3) is 2.22. The molecule has 2 heteroatoms. The maximum absolute atomic E-state index is 4.19. The molecule has 2 aromatic rings. The van der Waals surface area contributed by atoms with E-state index in [0.717, 1.165) is 18.7 Å². The van der Waals surface area contributed by atoms with Crippen molar-refractivity contribution in [3.8, 4) is 0 Å². The van der Waals surface area contributed by atoms with Gasteiger partial charge in [-0.2, -0.15) is 0 Å². The van der Waals surface area contributed by atoms with E-state index in [1.807, 2.05) is 19.3 Å². The zero-order valence-electron chi connectivity index (χ0n) is 8.35. The number of aryl methyl sites for hydroxylation is 3. The summed E-state index contributed by atoms with van der Waals surface area (Å²) in [6.07, 6.45) is 5.03. The first-order chi connectivity index (χ1) is 6.84. The van der Waals surface area contributed by atoms with Crippen molar-refractivity contribution < 1.29 is 0 Å². The summed E-state index contributed by atoms with van der Waals surface area (Å²) in [5.74, 6) is 0. The van der Waals surface area contributed by atoms with Gasteiger partial charge >= 0.3 is 0 Å². The number of nitrogens with zero attached hydrogens (tertiary/aromatic N) is 2. The highest BCUT2D eigenvalue weighted by Crippen LogP contribution is 2.02. The first-order valence-electron chi connectivity index (χ1n) is 4.87. The van der Waals surface area contributed by atoms with E-state index in [9.17, 15) is 0 Å². The molecule has 0 fully saturated rings. The van der Waals surface area contributed by atoms with Crippen LogP contribution in [0.5, 0.6) is 0 Å². The van der Waals surface area contributed by atoms with Crippen LogP contribution in [0.15, 0.2) is 42.9 Å². The van der Waals surface area contributed by atoms with Gasteiger partial charge in [-0.1, -0.05) is 30.3 Å². The molecule has 0 saturated carbocycles. The number of imidazole rings is 1. The monoisotopic (exact) mass is 186 g/mol. The van der Waals surface area contributed by atoms with Crippen molar-refractivity contribution in [1.82, 2.24) is 9.55 Å². The topological polar surface area (TPSA) is 17.8 Å². The standard InChI is InChI=1S/C12H14N2/c1-11-9-14(10-13-11)8-7-12-5-3-2-4-6-12/h2-6,9-10H,7-8H2,1H3. The number of hydrogen-bond acceptors (Lipinski definition) is 1. The van der Waals surface area contributed by atoms with Crippen LogP contribution >= 0.6 is 0 Å². The van der Waals surface area contributed by atoms with E-state index in [-0.39, 0.29) is 0 Å². The van der Waals surface area contributed by atoms with Crippen LogP contribution in [-0.4, -0.2) is 9.55 Å². The molecule has 0 aliphatic carbocycles. The molecule has 14 heavy (non-hydrogen) atoms. The Labute approximate surface area is 84.2 Å². The Morgan fingerprint density at radius 3 is 2.64 bits per heavy atom. The third-order valence-corrected chi connectivity index (χ3v) is 2.26. The molecule has 1 heterocycles. The van der Waals surface area contributed by atoms with E-state index in [2.05, 4.69) is 40.0 Å². The SMILES string of the molecule is Cc1cn(CCc2ccccc2)cn1. The zero-order valence-corrected chi connectivity index (χ0v) is 8.35. The fraction of sp³-hybridized carbons (Fsp3) is 0.250. The van der Waals surface area contributed by atoms with E-state index in [4.69, 9.17) is 0 Å². The third-order valence-electron chi connectivity index (χ3n) is 2.26. The largest absolute Gasteiger partial charge is 0.337 e. The average molecular weight is 186 g/mol. The summed E-state index contributed by atoms with van der Waals surface area (Å²) in [6.45, 7) is 3.02. The van der Waals surface area contributed by atoms with Gasteiger partial charge in [0.25, 0.3) is 0 Å². The predicted molar refractivity (Wildman–Crippen MR) is 57.1 cm³/mol.